The summed E-state index contributed by atoms with van der Waals surface area (Å²) in [6.07, 6.45) is 0.771. The van der Waals surface area contributed by atoms with Gasteiger partial charge in [0.25, 0.3) is 0 Å². The van der Waals surface area contributed by atoms with Crippen molar-refractivity contribution in [2.75, 3.05) is 0 Å². The fraction of sp³-hybridized carbons (Fsp3) is 0.500. The molecule has 0 spiro atoms. The van der Waals surface area contributed by atoms with Gasteiger partial charge in [-0.15, -0.1) is 12.6 Å². The summed E-state index contributed by atoms with van der Waals surface area (Å²) in [4.78, 5) is 11.0. The zero-order valence-corrected chi connectivity index (χ0v) is 11.3. The maximum Gasteiger partial charge on any atom is 0.189 e. The Balaban J connectivity index is 2.76. The smallest absolute Gasteiger partial charge is 0.189 e. The Labute approximate surface area is 104 Å². The first-order valence-electron chi connectivity index (χ1n) is 5.63. The lowest BCUT2D eigenvalue weighted by atomic mass is 9.86. The number of hydrogen-bond acceptors (Lipinski definition) is 1. The lowest BCUT2D eigenvalue weighted by Gasteiger charge is -2.19. The van der Waals surface area contributed by atoms with E-state index in [1.54, 1.807) is 0 Å². The molecule has 1 nitrogen and oxygen atoms in total. The van der Waals surface area contributed by atoms with Crippen LogP contribution >= 0.6 is 12.6 Å². The summed E-state index contributed by atoms with van der Waals surface area (Å²) in [6, 6.07) is 8.50. The molecule has 0 fully saturated rings. The van der Waals surface area contributed by atoms with E-state index >= 15 is 0 Å². The van der Waals surface area contributed by atoms with Crippen molar-refractivity contribution in [1.82, 2.24) is 0 Å². The first-order valence-corrected chi connectivity index (χ1v) is 6.07. The predicted molar refractivity (Wildman–Crippen MR) is 72.0 cm³/mol. The largest absolute Gasteiger partial charge is 0.287 e. The van der Waals surface area contributed by atoms with E-state index in [0.29, 0.717) is 0 Å². The van der Waals surface area contributed by atoms with Crippen molar-refractivity contribution in [1.29, 1.82) is 0 Å². The fourth-order valence-electron chi connectivity index (χ4n) is 1.58. The van der Waals surface area contributed by atoms with E-state index in [1.807, 2.05) is 6.92 Å². The molecule has 0 heterocycles. The first kappa shape index (κ1) is 13.3. The van der Waals surface area contributed by atoms with Crippen molar-refractivity contribution in [3.05, 3.63) is 35.4 Å². The minimum absolute atomic E-state index is 0.0104. The summed E-state index contributed by atoms with van der Waals surface area (Å²) in [6.45, 7) is 8.50. The van der Waals surface area contributed by atoms with E-state index < -0.39 is 0 Å². The van der Waals surface area contributed by atoms with Gasteiger partial charge in [0.15, 0.2) is 5.12 Å². The topological polar surface area (TPSA) is 17.1 Å². The number of hydrogen-bond donors (Lipinski definition) is 1. The van der Waals surface area contributed by atoms with E-state index in [9.17, 15) is 4.79 Å². The molecule has 0 saturated heterocycles. The van der Waals surface area contributed by atoms with Crippen LogP contribution in [0, 0.1) is 5.92 Å². The van der Waals surface area contributed by atoms with Crippen LogP contribution in [0.25, 0.3) is 0 Å². The maximum absolute atomic E-state index is 11.0. The van der Waals surface area contributed by atoms with E-state index in [1.165, 1.54) is 11.1 Å². The van der Waals surface area contributed by atoms with Crippen LogP contribution in [0.15, 0.2) is 24.3 Å². The third-order valence-electron chi connectivity index (χ3n) is 2.78. The van der Waals surface area contributed by atoms with E-state index in [0.717, 1.165) is 6.42 Å². The van der Waals surface area contributed by atoms with Gasteiger partial charge in [-0.25, -0.2) is 0 Å². The monoisotopic (exact) mass is 236 g/mol. The second kappa shape index (κ2) is 5.05. The molecule has 1 rings (SSSR count). The van der Waals surface area contributed by atoms with Gasteiger partial charge in [-0.3, -0.25) is 4.79 Å². The third kappa shape index (κ3) is 3.67. The summed E-state index contributed by atoms with van der Waals surface area (Å²) in [5.41, 5.74) is 2.70. The zero-order chi connectivity index (χ0) is 12.3. The minimum atomic E-state index is -0.0418. The Morgan fingerprint density at radius 2 is 1.75 bits per heavy atom. The molecule has 2 heteroatoms. The Morgan fingerprint density at radius 1 is 1.25 bits per heavy atom. The molecular formula is C14H20OS. The molecule has 0 aliphatic heterocycles. The van der Waals surface area contributed by atoms with Gasteiger partial charge in [-0.2, -0.15) is 0 Å². The number of rotatable bonds is 3. The molecule has 1 aromatic carbocycles. The van der Waals surface area contributed by atoms with Gasteiger partial charge in [0.05, 0.1) is 0 Å². The minimum Gasteiger partial charge on any atom is -0.287 e. The molecule has 0 aliphatic carbocycles. The Kier molecular flexibility index (Phi) is 4.20. The van der Waals surface area contributed by atoms with Crippen LogP contribution < -0.4 is 0 Å². The fourth-order valence-corrected chi connectivity index (χ4v) is 1.67. The van der Waals surface area contributed by atoms with Gasteiger partial charge in [0, 0.05) is 5.92 Å². The zero-order valence-electron chi connectivity index (χ0n) is 10.4. The van der Waals surface area contributed by atoms with E-state index in [-0.39, 0.29) is 16.4 Å². The lowest BCUT2D eigenvalue weighted by molar-refractivity contribution is -0.113. The molecule has 0 bridgehead atoms. The van der Waals surface area contributed by atoms with Crippen LogP contribution in [0.3, 0.4) is 0 Å². The standard InChI is InChI=1S/C14H20OS/c1-10(13(15)16)9-11-5-7-12(8-6-11)14(2,3)4/h5-8,10H,9H2,1-4H3,(H,15,16). The van der Waals surface area contributed by atoms with Gasteiger partial charge in [0.2, 0.25) is 0 Å². The molecule has 1 unspecified atom stereocenters. The van der Waals surface area contributed by atoms with Gasteiger partial charge < -0.3 is 0 Å². The van der Waals surface area contributed by atoms with Gasteiger partial charge in [0.1, 0.15) is 0 Å². The van der Waals surface area contributed by atoms with Gasteiger partial charge in [-0.1, -0.05) is 52.0 Å². The van der Waals surface area contributed by atoms with Crippen molar-refractivity contribution < 1.29 is 4.79 Å². The molecule has 0 aliphatic rings. The Bertz CT molecular complexity index is 359. The molecular weight excluding hydrogens is 216 g/mol. The SMILES string of the molecule is CC(Cc1ccc(C(C)(C)C)cc1)C(=O)S. The number of carbonyl (C=O) groups is 1. The molecule has 0 radical (unpaired) electrons. The normalized spacial score (nSPS) is 13.6. The Hall–Kier alpha value is -0.760. The molecule has 0 N–H and O–H groups in total. The quantitative estimate of drug-likeness (QED) is 0.793. The Morgan fingerprint density at radius 3 is 2.12 bits per heavy atom. The summed E-state index contributed by atoms with van der Waals surface area (Å²) in [7, 11) is 0. The van der Waals surface area contributed by atoms with Crippen molar-refractivity contribution in [3.8, 4) is 0 Å². The predicted octanol–water partition coefficient (Wildman–Crippen LogP) is 3.62. The molecule has 0 saturated carbocycles. The molecule has 0 amide bonds. The lowest BCUT2D eigenvalue weighted by Crippen LogP contribution is -2.11. The number of thiol groups is 1. The van der Waals surface area contributed by atoms with Crippen LogP contribution in [0.4, 0.5) is 0 Å². The van der Waals surface area contributed by atoms with Gasteiger partial charge >= 0.3 is 0 Å². The van der Waals surface area contributed by atoms with Crippen LogP contribution in [-0.2, 0) is 16.6 Å². The first-order chi connectivity index (χ1) is 7.30. The van der Waals surface area contributed by atoms with Crippen LogP contribution in [0.2, 0.25) is 0 Å². The molecule has 1 aromatic rings. The highest BCUT2D eigenvalue weighted by atomic mass is 32.1. The molecule has 88 valence electrons. The third-order valence-corrected chi connectivity index (χ3v) is 3.22. The number of benzene rings is 1. The van der Waals surface area contributed by atoms with Crippen LogP contribution in [-0.4, -0.2) is 5.12 Å². The van der Waals surface area contributed by atoms with Crippen molar-refractivity contribution >= 4 is 17.7 Å². The van der Waals surface area contributed by atoms with Crippen molar-refractivity contribution in [2.45, 2.75) is 39.5 Å². The average molecular weight is 236 g/mol. The summed E-state index contributed by atoms with van der Waals surface area (Å²) in [5, 5.41) is -0.0418. The summed E-state index contributed by atoms with van der Waals surface area (Å²) >= 11 is 3.85. The molecule has 1 atom stereocenters. The van der Waals surface area contributed by atoms with Gasteiger partial charge in [-0.05, 0) is 23.0 Å². The molecule has 0 aromatic heterocycles. The maximum atomic E-state index is 11.0. The van der Waals surface area contributed by atoms with E-state index in [4.69, 9.17) is 0 Å². The highest BCUT2D eigenvalue weighted by Gasteiger charge is 2.14. The van der Waals surface area contributed by atoms with Crippen LogP contribution in [0.1, 0.15) is 38.8 Å². The highest BCUT2D eigenvalue weighted by molar-refractivity contribution is 7.96. The number of carbonyl (C=O) groups excluding carboxylic acids is 1. The second-order valence-electron chi connectivity index (χ2n) is 5.39. The second-order valence-corrected chi connectivity index (χ2v) is 5.83. The molecule has 16 heavy (non-hydrogen) atoms. The van der Waals surface area contributed by atoms with Crippen LogP contribution in [0.5, 0.6) is 0 Å². The highest BCUT2D eigenvalue weighted by Crippen LogP contribution is 2.23. The van der Waals surface area contributed by atoms with E-state index in [2.05, 4.69) is 57.7 Å². The van der Waals surface area contributed by atoms with Crippen molar-refractivity contribution in [2.24, 2.45) is 5.92 Å². The van der Waals surface area contributed by atoms with Crippen molar-refractivity contribution in [3.63, 3.8) is 0 Å². The average Bonchev–Trinajstić information content (AvgIpc) is 2.17. The summed E-state index contributed by atoms with van der Waals surface area (Å²) < 4.78 is 0. The summed E-state index contributed by atoms with van der Waals surface area (Å²) in [5.74, 6) is -0.0104.